The van der Waals surface area contributed by atoms with Crippen LogP contribution in [0.1, 0.15) is 18.4 Å². The van der Waals surface area contributed by atoms with E-state index in [-0.39, 0.29) is 12.3 Å². The standard InChI is InChI=1S/C18H16N2O3S2/c21-16(22)7-4-10-20-17(23)15(25-18(20)24)12-13-5-3-6-14(11-13)19-8-1-2-9-19/h1-3,5-6,8-9,11-12H,4,7,10H2,(H,21,22)/b15-12-. The topological polar surface area (TPSA) is 62.5 Å². The number of aromatic nitrogens is 1. The van der Waals surface area contributed by atoms with Gasteiger partial charge < -0.3 is 9.67 Å². The third kappa shape index (κ3) is 4.18. The first-order valence-electron chi connectivity index (χ1n) is 7.75. The quantitative estimate of drug-likeness (QED) is 0.621. The minimum atomic E-state index is -0.872. The summed E-state index contributed by atoms with van der Waals surface area (Å²) in [5, 5.41) is 8.72. The lowest BCUT2D eigenvalue weighted by Gasteiger charge is -2.13. The summed E-state index contributed by atoms with van der Waals surface area (Å²) in [5.74, 6) is -1.03. The van der Waals surface area contributed by atoms with Crippen molar-refractivity contribution in [1.29, 1.82) is 0 Å². The Labute approximate surface area is 154 Å². The third-order valence-corrected chi connectivity index (χ3v) is 5.09. The van der Waals surface area contributed by atoms with Gasteiger partial charge >= 0.3 is 5.97 Å². The first-order valence-corrected chi connectivity index (χ1v) is 8.97. The molecule has 5 nitrogen and oxygen atoms in total. The van der Waals surface area contributed by atoms with Crippen molar-refractivity contribution in [3.63, 3.8) is 0 Å². The molecule has 0 bridgehead atoms. The van der Waals surface area contributed by atoms with Crippen molar-refractivity contribution in [2.24, 2.45) is 0 Å². The van der Waals surface area contributed by atoms with Crippen LogP contribution in [0.25, 0.3) is 11.8 Å². The Morgan fingerprint density at radius 1 is 1.24 bits per heavy atom. The number of thioether (sulfide) groups is 1. The van der Waals surface area contributed by atoms with Crippen LogP contribution in [0.5, 0.6) is 0 Å². The number of carbonyl (C=O) groups excluding carboxylic acids is 1. The molecule has 0 saturated carbocycles. The summed E-state index contributed by atoms with van der Waals surface area (Å²) in [4.78, 5) is 25.2. The van der Waals surface area contributed by atoms with Crippen molar-refractivity contribution in [3.05, 3.63) is 59.3 Å². The third-order valence-electron chi connectivity index (χ3n) is 3.72. The van der Waals surface area contributed by atoms with Gasteiger partial charge in [-0.25, -0.2) is 0 Å². The van der Waals surface area contributed by atoms with Crippen LogP contribution in [0.4, 0.5) is 0 Å². The van der Waals surface area contributed by atoms with Gasteiger partial charge in [0.2, 0.25) is 0 Å². The predicted octanol–water partition coefficient (Wildman–Crippen LogP) is 3.54. The number of carboxylic acid groups (broad SMARTS) is 1. The van der Waals surface area contributed by atoms with Gasteiger partial charge in [-0.1, -0.05) is 36.1 Å². The first-order chi connectivity index (χ1) is 12.0. The van der Waals surface area contributed by atoms with Gasteiger partial charge in [0.15, 0.2) is 0 Å². The fourth-order valence-corrected chi connectivity index (χ4v) is 3.82. The van der Waals surface area contributed by atoms with Crippen molar-refractivity contribution in [2.45, 2.75) is 12.8 Å². The van der Waals surface area contributed by atoms with Crippen molar-refractivity contribution < 1.29 is 14.7 Å². The molecule has 0 unspecified atom stereocenters. The molecule has 1 amide bonds. The summed E-state index contributed by atoms with van der Waals surface area (Å²) in [7, 11) is 0. The van der Waals surface area contributed by atoms with Gasteiger partial charge in [0, 0.05) is 31.0 Å². The molecule has 0 radical (unpaired) electrons. The van der Waals surface area contributed by atoms with Gasteiger partial charge in [-0.15, -0.1) is 0 Å². The zero-order chi connectivity index (χ0) is 17.8. The Morgan fingerprint density at radius 2 is 2.00 bits per heavy atom. The van der Waals surface area contributed by atoms with Crippen molar-refractivity contribution in [3.8, 4) is 5.69 Å². The smallest absolute Gasteiger partial charge is 0.303 e. The van der Waals surface area contributed by atoms with Crippen LogP contribution in [0.15, 0.2) is 53.7 Å². The maximum atomic E-state index is 12.5. The highest BCUT2D eigenvalue weighted by molar-refractivity contribution is 8.26. The Kier molecular flexibility index (Phi) is 5.35. The lowest BCUT2D eigenvalue weighted by atomic mass is 10.2. The molecule has 0 spiro atoms. The largest absolute Gasteiger partial charge is 0.481 e. The van der Waals surface area contributed by atoms with E-state index < -0.39 is 5.97 Å². The summed E-state index contributed by atoms with van der Waals surface area (Å²) in [6, 6.07) is 11.8. The van der Waals surface area contributed by atoms with Gasteiger partial charge in [-0.05, 0) is 42.3 Å². The molecule has 1 fully saturated rings. The number of aliphatic carboxylic acids is 1. The highest BCUT2D eigenvalue weighted by Gasteiger charge is 2.31. The maximum absolute atomic E-state index is 12.5. The average molecular weight is 372 g/mol. The molecular weight excluding hydrogens is 356 g/mol. The van der Waals surface area contributed by atoms with Gasteiger partial charge in [-0.2, -0.15) is 0 Å². The number of benzene rings is 1. The molecular formula is C18H16N2O3S2. The van der Waals surface area contributed by atoms with E-state index in [0.29, 0.717) is 22.2 Å². The molecule has 1 aromatic heterocycles. The van der Waals surface area contributed by atoms with Gasteiger partial charge in [0.25, 0.3) is 5.91 Å². The lowest BCUT2D eigenvalue weighted by Crippen LogP contribution is -2.29. The second kappa shape index (κ2) is 7.67. The molecule has 1 saturated heterocycles. The van der Waals surface area contributed by atoms with E-state index in [9.17, 15) is 9.59 Å². The Hall–Kier alpha value is -2.38. The van der Waals surface area contributed by atoms with Gasteiger partial charge in [0.1, 0.15) is 4.32 Å². The van der Waals surface area contributed by atoms with E-state index in [2.05, 4.69) is 0 Å². The van der Waals surface area contributed by atoms with Crippen LogP contribution < -0.4 is 0 Å². The second-order valence-corrected chi connectivity index (χ2v) is 7.19. The van der Waals surface area contributed by atoms with Crippen LogP contribution in [0, 0.1) is 0 Å². The fourth-order valence-electron chi connectivity index (χ4n) is 2.51. The number of carbonyl (C=O) groups is 2. The van der Waals surface area contributed by atoms with E-state index in [1.165, 1.54) is 16.7 Å². The average Bonchev–Trinajstić information content (AvgIpc) is 3.19. The summed E-state index contributed by atoms with van der Waals surface area (Å²) < 4.78 is 2.47. The SMILES string of the molecule is O=C(O)CCCN1C(=O)/C(=C/c2cccc(-n3cccc3)c2)SC1=S. The number of hydrogen-bond donors (Lipinski definition) is 1. The molecule has 128 valence electrons. The summed E-state index contributed by atoms with van der Waals surface area (Å²) in [5.41, 5.74) is 1.92. The number of thiocarbonyl (C=S) groups is 1. The molecule has 1 aromatic carbocycles. The molecule has 2 heterocycles. The normalized spacial score (nSPS) is 16.0. The molecule has 7 heteroatoms. The fraction of sp³-hybridized carbons (Fsp3) is 0.167. The first kappa shape index (κ1) is 17.4. The Morgan fingerprint density at radius 3 is 2.72 bits per heavy atom. The van der Waals surface area contributed by atoms with Crippen LogP contribution in [0.3, 0.4) is 0 Å². The van der Waals surface area contributed by atoms with E-state index in [4.69, 9.17) is 17.3 Å². The zero-order valence-corrected chi connectivity index (χ0v) is 14.9. The van der Waals surface area contributed by atoms with Gasteiger partial charge in [-0.3, -0.25) is 14.5 Å². The zero-order valence-electron chi connectivity index (χ0n) is 13.3. The van der Waals surface area contributed by atoms with Gasteiger partial charge in [0.05, 0.1) is 4.91 Å². The number of amides is 1. The molecule has 0 atom stereocenters. The second-order valence-electron chi connectivity index (χ2n) is 5.52. The minimum absolute atomic E-state index is 0.0228. The highest BCUT2D eigenvalue weighted by Crippen LogP contribution is 2.32. The number of hydrogen-bond acceptors (Lipinski definition) is 4. The molecule has 2 aromatic rings. The molecule has 1 aliphatic rings. The molecule has 1 N–H and O–H groups in total. The number of carboxylic acids is 1. The number of rotatable bonds is 6. The molecule has 3 rings (SSSR count). The molecule has 1 aliphatic heterocycles. The molecule has 25 heavy (non-hydrogen) atoms. The minimum Gasteiger partial charge on any atom is -0.481 e. The maximum Gasteiger partial charge on any atom is 0.303 e. The van der Waals surface area contributed by atoms with E-state index >= 15 is 0 Å². The lowest BCUT2D eigenvalue weighted by molar-refractivity contribution is -0.137. The van der Waals surface area contributed by atoms with E-state index in [1.807, 2.05) is 59.4 Å². The summed E-state index contributed by atoms with van der Waals surface area (Å²) in [6.07, 6.45) is 6.15. The predicted molar refractivity (Wildman–Crippen MR) is 103 cm³/mol. The monoisotopic (exact) mass is 372 g/mol. The summed E-state index contributed by atoms with van der Waals surface area (Å²) in [6.45, 7) is 0.331. The van der Waals surface area contributed by atoms with Crippen LogP contribution in [-0.2, 0) is 9.59 Å². The van der Waals surface area contributed by atoms with E-state index in [0.717, 1.165) is 11.3 Å². The van der Waals surface area contributed by atoms with Crippen LogP contribution in [0.2, 0.25) is 0 Å². The highest BCUT2D eigenvalue weighted by atomic mass is 32.2. The Bertz CT molecular complexity index is 844. The van der Waals surface area contributed by atoms with Crippen molar-refractivity contribution in [1.82, 2.24) is 9.47 Å². The van der Waals surface area contributed by atoms with E-state index in [1.54, 1.807) is 0 Å². The summed E-state index contributed by atoms with van der Waals surface area (Å²) >= 11 is 6.51. The van der Waals surface area contributed by atoms with Crippen molar-refractivity contribution in [2.75, 3.05) is 6.54 Å². The Balaban J connectivity index is 1.76. The molecule has 0 aliphatic carbocycles. The van der Waals surface area contributed by atoms with Crippen molar-refractivity contribution >= 4 is 46.3 Å². The van der Waals surface area contributed by atoms with Crippen LogP contribution >= 0.6 is 24.0 Å². The number of nitrogens with zero attached hydrogens (tertiary/aromatic N) is 2. The van der Waals surface area contributed by atoms with Crippen LogP contribution in [-0.4, -0.2) is 37.3 Å².